The van der Waals surface area contributed by atoms with E-state index in [-0.39, 0.29) is 29.8 Å². The molecule has 2 fully saturated rings. The second-order valence-electron chi connectivity index (χ2n) is 11.4. The highest BCUT2D eigenvalue weighted by Gasteiger charge is 2.53. The summed E-state index contributed by atoms with van der Waals surface area (Å²) in [4.78, 5) is 11.5. The quantitative estimate of drug-likeness (QED) is 0.271. The number of methoxy groups -OCH3 is 1. The maximum Gasteiger partial charge on any atom is 0.302 e. The van der Waals surface area contributed by atoms with E-state index < -0.39 is 26.1 Å². The van der Waals surface area contributed by atoms with E-state index in [0.717, 1.165) is 23.6 Å². The van der Waals surface area contributed by atoms with Gasteiger partial charge >= 0.3 is 5.97 Å². The van der Waals surface area contributed by atoms with Gasteiger partial charge in [-0.2, -0.15) is 0 Å². The van der Waals surface area contributed by atoms with E-state index in [1.807, 2.05) is 36.4 Å². The third-order valence-corrected chi connectivity index (χ3v) is 13.5. The van der Waals surface area contributed by atoms with E-state index in [2.05, 4.69) is 40.8 Å². The zero-order chi connectivity index (χ0) is 25.1. The Morgan fingerprint density at radius 3 is 2.47 bits per heavy atom. The third-order valence-electron chi connectivity index (χ3n) is 7.98. The lowest BCUT2D eigenvalue weighted by Crippen LogP contribution is -2.57. The average molecular weight is 491 g/mol. The van der Waals surface area contributed by atoms with Crippen molar-refractivity contribution in [2.75, 3.05) is 20.3 Å². The topological polar surface area (TPSA) is 63.2 Å². The van der Waals surface area contributed by atoms with Crippen LogP contribution in [0.2, 0.25) is 24.2 Å². The van der Waals surface area contributed by atoms with Crippen molar-refractivity contribution in [3.05, 3.63) is 47.5 Å². The molecule has 0 aromatic heterocycles. The highest BCUT2D eigenvalue weighted by atomic mass is 28.3. The highest BCUT2D eigenvalue weighted by molar-refractivity contribution is 6.80. The molecule has 0 bridgehead atoms. The summed E-state index contributed by atoms with van der Waals surface area (Å²) in [5.41, 5.74) is 1.61. The van der Waals surface area contributed by atoms with Gasteiger partial charge in [-0.25, -0.2) is 0 Å². The van der Waals surface area contributed by atoms with Crippen molar-refractivity contribution in [1.82, 2.24) is 0 Å². The smallest absolute Gasteiger partial charge is 0.302 e. The Bertz CT molecular complexity index is 862. The fourth-order valence-electron chi connectivity index (χ4n) is 4.59. The van der Waals surface area contributed by atoms with Crippen molar-refractivity contribution in [3.8, 4) is 0 Å². The minimum atomic E-state index is -1.56. The zero-order valence-electron chi connectivity index (χ0n) is 22.1. The second kappa shape index (κ2) is 10.6. The molecule has 190 valence electrons. The van der Waals surface area contributed by atoms with Gasteiger partial charge in [0.1, 0.15) is 18.8 Å². The van der Waals surface area contributed by atoms with Gasteiger partial charge in [0.25, 0.3) is 0 Å². The molecule has 0 aliphatic carbocycles. The van der Waals surface area contributed by atoms with Crippen LogP contribution in [0, 0.1) is 5.41 Å². The summed E-state index contributed by atoms with van der Waals surface area (Å²) >= 11 is 0. The Morgan fingerprint density at radius 1 is 1.21 bits per heavy atom. The summed E-state index contributed by atoms with van der Waals surface area (Å²) in [6.45, 7) is 16.1. The summed E-state index contributed by atoms with van der Waals surface area (Å²) in [6, 6.07) is 11.1. The molecule has 3 rings (SSSR count). The molecule has 2 heterocycles. The fraction of sp³-hybridized carbons (Fsp3) is 0.667. The van der Waals surface area contributed by atoms with Crippen molar-refractivity contribution in [2.24, 2.45) is 5.41 Å². The van der Waals surface area contributed by atoms with E-state index >= 15 is 0 Å². The molecule has 7 heteroatoms. The summed E-state index contributed by atoms with van der Waals surface area (Å²) in [7, 11) is 0.135. The first-order valence-electron chi connectivity index (χ1n) is 12.2. The molecule has 5 atom stereocenters. The SMILES string of the molecule is CO[C@H]1O[C@@H]2COC(c3ccccc3)O[C@H]2/C(=C/COC(C)=O)[C@@]1(C)CC[Si](C)(C)C(C)(C)C. The molecule has 0 N–H and O–H groups in total. The molecule has 0 spiro atoms. The lowest BCUT2D eigenvalue weighted by Gasteiger charge is -2.52. The normalized spacial score (nSPS) is 31.2. The average Bonchev–Trinajstić information content (AvgIpc) is 2.78. The Hall–Kier alpha value is -1.51. The zero-order valence-corrected chi connectivity index (χ0v) is 23.1. The second-order valence-corrected chi connectivity index (χ2v) is 17.2. The molecule has 34 heavy (non-hydrogen) atoms. The van der Waals surface area contributed by atoms with Crippen LogP contribution in [0.4, 0.5) is 0 Å². The van der Waals surface area contributed by atoms with Gasteiger partial charge in [-0.05, 0) is 23.1 Å². The lowest BCUT2D eigenvalue weighted by molar-refractivity contribution is -0.322. The van der Waals surface area contributed by atoms with Crippen LogP contribution >= 0.6 is 0 Å². The van der Waals surface area contributed by atoms with Gasteiger partial charge in [-0.1, -0.05) is 77.2 Å². The van der Waals surface area contributed by atoms with Crippen molar-refractivity contribution < 1.29 is 28.5 Å². The predicted molar refractivity (Wildman–Crippen MR) is 135 cm³/mol. The molecule has 2 saturated heterocycles. The first kappa shape index (κ1) is 27.1. The Morgan fingerprint density at radius 2 is 1.88 bits per heavy atom. The van der Waals surface area contributed by atoms with Crippen LogP contribution in [-0.2, 0) is 28.5 Å². The number of hydrogen-bond acceptors (Lipinski definition) is 6. The minimum absolute atomic E-state index is 0.195. The number of esters is 1. The number of carbonyl (C=O) groups is 1. The fourth-order valence-corrected chi connectivity index (χ4v) is 6.49. The first-order chi connectivity index (χ1) is 15.9. The van der Waals surface area contributed by atoms with Crippen LogP contribution in [0.15, 0.2) is 42.0 Å². The van der Waals surface area contributed by atoms with Gasteiger partial charge in [-0.3, -0.25) is 4.79 Å². The van der Waals surface area contributed by atoms with Gasteiger partial charge in [0, 0.05) is 25.0 Å². The molecule has 0 amide bonds. The third kappa shape index (κ3) is 5.82. The maximum atomic E-state index is 11.5. The minimum Gasteiger partial charge on any atom is -0.462 e. The van der Waals surface area contributed by atoms with Crippen LogP contribution in [0.5, 0.6) is 0 Å². The molecule has 0 radical (unpaired) electrons. The number of ether oxygens (including phenoxy) is 5. The number of fused-ring (bicyclic) bond motifs is 1. The number of carbonyl (C=O) groups excluding carboxylic acids is 1. The van der Waals surface area contributed by atoms with Gasteiger partial charge in [0.2, 0.25) is 0 Å². The molecule has 1 aromatic carbocycles. The Labute approximate surface area is 206 Å². The van der Waals surface area contributed by atoms with E-state index in [9.17, 15) is 4.79 Å². The molecule has 1 aromatic rings. The molecule has 2 aliphatic rings. The lowest BCUT2D eigenvalue weighted by atomic mass is 9.72. The largest absolute Gasteiger partial charge is 0.462 e. The standard InChI is InChI=1S/C27H42O6Si/c1-19(28)30-16-14-21-23-22(18-31-24(33-23)20-12-10-9-11-13-20)32-25(29-6)27(21,5)15-17-34(7,8)26(2,3)4/h9-14,22-25H,15-18H2,1-8H3/b21-14-/t22-,23+,24?,25+,27-/m1/s1. The van der Waals surface area contributed by atoms with E-state index in [4.69, 9.17) is 23.7 Å². The van der Waals surface area contributed by atoms with Crippen molar-refractivity contribution in [1.29, 1.82) is 0 Å². The van der Waals surface area contributed by atoms with Gasteiger partial charge in [-0.15, -0.1) is 0 Å². The summed E-state index contributed by atoms with van der Waals surface area (Å²) < 4.78 is 30.2. The summed E-state index contributed by atoms with van der Waals surface area (Å²) in [5, 5.41) is 0.277. The summed E-state index contributed by atoms with van der Waals surface area (Å²) in [6.07, 6.45) is 1.37. The monoisotopic (exact) mass is 490 g/mol. The number of benzene rings is 1. The van der Waals surface area contributed by atoms with Crippen LogP contribution in [0.3, 0.4) is 0 Å². The first-order valence-corrected chi connectivity index (χ1v) is 15.4. The van der Waals surface area contributed by atoms with Crippen LogP contribution < -0.4 is 0 Å². The van der Waals surface area contributed by atoms with E-state index in [1.54, 1.807) is 7.11 Å². The molecule has 6 nitrogen and oxygen atoms in total. The molecule has 1 unspecified atom stereocenters. The van der Waals surface area contributed by atoms with Crippen LogP contribution in [-0.4, -0.2) is 52.9 Å². The number of rotatable bonds is 7. The van der Waals surface area contributed by atoms with Gasteiger partial charge in [0.05, 0.1) is 14.7 Å². The van der Waals surface area contributed by atoms with Gasteiger partial charge in [0.15, 0.2) is 12.6 Å². The van der Waals surface area contributed by atoms with Crippen LogP contribution in [0.1, 0.15) is 52.9 Å². The van der Waals surface area contributed by atoms with Gasteiger partial charge < -0.3 is 23.7 Å². The molecular formula is C27H42O6Si. The predicted octanol–water partition coefficient (Wildman–Crippen LogP) is 5.87. The van der Waals surface area contributed by atoms with Crippen molar-refractivity contribution in [3.63, 3.8) is 0 Å². The Kier molecular flexibility index (Phi) is 8.46. The number of hydrogen-bond donors (Lipinski definition) is 0. The van der Waals surface area contributed by atoms with E-state index in [0.29, 0.717) is 6.61 Å². The summed E-state index contributed by atoms with van der Waals surface area (Å²) in [5.74, 6) is -0.304. The van der Waals surface area contributed by atoms with Crippen molar-refractivity contribution >= 4 is 14.0 Å². The van der Waals surface area contributed by atoms with Crippen molar-refractivity contribution in [2.45, 2.75) is 90.0 Å². The molecule has 0 saturated carbocycles. The van der Waals surface area contributed by atoms with Crippen LogP contribution in [0.25, 0.3) is 0 Å². The maximum absolute atomic E-state index is 11.5. The molecule has 2 aliphatic heterocycles. The Balaban J connectivity index is 1.95. The molecular weight excluding hydrogens is 448 g/mol. The highest BCUT2D eigenvalue weighted by Crippen LogP contribution is 2.51. The van der Waals surface area contributed by atoms with E-state index in [1.165, 1.54) is 6.92 Å².